The van der Waals surface area contributed by atoms with Crippen LogP contribution in [0.5, 0.6) is 0 Å². The molecular formula is C53H42FNS. The maximum absolute atomic E-state index is 13.6. The summed E-state index contributed by atoms with van der Waals surface area (Å²) in [5.41, 5.74) is 24.2. The zero-order chi connectivity index (χ0) is 38.5. The predicted octanol–water partition coefficient (Wildman–Crippen LogP) is 14.7. The van der Waals surface area contributed by atoms with Crippen LogP contribution in [0.15, 0.2) is 127 Å². The van der Waals surface area contributed by atoms with Gasteiger partial charge in [0.2, 0.25) is 0 Å². The predicted molar refractivity (Wildman–Crippen MR) is 233 cm³/mol. The molecule has 1 heterocycles. The van der Waals surface area contributed by atoms with Gasteiger partial charge in [-0.1, -0.05) is 114 Å². The van der Waals surface area contributed by atoms with E-state index in [1.807, 2.05) is 12.1 Å². The highest BCUT2D eigenvalue weighted by Crippen LogP contribution is 2.59. The molecule has 0 amide bonds. The third-order valence-corrected chi connectivity index (χ3v) is 14.5. The fourth-order valence-electron chi connectivity index (χ4n) is 10.1. The Bertz CT molecular complexity index is 2990. The second-order valence-corrected chi connectivity index (χ2v) is 18.9. The number of hydrogen-bond donors (Lipinski definition) is 0. The molecule has 56 heavy (non-hydrogen) atoms. The van der Waals surface area contributed by atoms with Crippen LogP contribution in [0.1, 0.15) is 80.5 Å². The highest BCUT2D eigenvalue weighted by Gasteiger charge is 2.44. The van der Waals surface area contributed by atoms with E-state index in [-0.39, 0.29) is 22.1 Å². The minimum absolute atomic E-state index is 0.112. The van der Waals surface area contributed by atoms with Crippen molar-refractivity contribution in [2.75, 3.05) is 0 Å². The summed E-state index contributed by atoms with van der Waals surface area (Å²) in [6.07, 6.45) is 0. The first-order valence-electron chi connectivity index (χ1n) is 19.7. The van der Waals surface area contributed by atoms with Crippen molar-refractivity contribution in [2.45, 2.75) is 64.7 Å². The first kappa shape index (κ1) is 33.7. The van der Waals surface area contributed by atoms with E-state index in [1.165, 1.54) is 95.6 Å². The molecule has 0 unspecified atom stereocenters. The van der Waals surface area contributed by atoms with Gasteiger partial charge < -0.3 is 0 Å². The van der Waals surface area contributed by atoms with Gasteiger partial charge in [-0.3, -0.25) is 0 Å². The molecule has 3 aliphatic rings. The number of aryl methyl sites for hydroxylation is 1. The lowest BCUT2D eigenvalue weighted by atomic mass is 9.78. The molecule has 0 atom stereocenters. The van der Waals surface area contributed by atoms with Crippen molar-refractivity contribution in [2.24, 2.45) is 0 Å². The zero-order valence-corrected chi connectivity index (χ0v) is 33.7. The molecule has 0 saturated carbocycles. The van der Waals surface area contributed by atoms with E-state index in [2.05, 4.69) is 152 Å². The monoisotopic (exact) mass is 743 g/mol. The number of aromatic nitrogens is 1. The molecule has 0 spiro atoms. The molecule has 7 aromatic carbocycles. The molecule has 272 valence electrons. The Labute approximate surface area is 332 Å². The summed E-state index contributed by atoms with van der Waals surface area (Å²) >= 11 is 1.73. The van der Waals surface area contributed by atoms with Crippen LogP contribution in [0, 0.1) is 12.7 Å². The average Bonchev–Trinajstić information content (AvgIpc) is 3.85. The number of rotatable bonds is 3. The Balaban J connectivity index is 0.976. The van der Waals surface area contributed by atoms with Gasteiger partial charge in [-0.2, -0.15) is 0 Å². The smallest absolute Gasteiger partial charge is 0.124 e. The number of halogens is 1. The zero-order valence-electron chi connectivity index (χ0n) is 32.9. The van der Waals surface area contributed by atoms with Gasteiger partial charge in [-0.05, 0) is 157 Å². The van der Waals surface area contributed by atoms with Crippen LogP contribution in [0.4, 0.5) is 4.39 Å². The second kappa shape index (κ2) is 11.2. The third-order valence-electron chi connectivity index (χ3n) is 13.5. The second-order valence-electron chi connectivity index (χ2n) is 17.9. The molecule has 3 aliphatic carbocycles. The maximum Gasteiger partial charge on any atom is 0.124 e. The first-order valence-corrected chi connectivity index (χ1v) is 20.5. The van der Waals surface area contributed by atoms with Gasteiger partial charge in [0.15, 0.2) is 0 Å². The average molecular weight is 744 g/mol. The van der Waals surface area contributed by atoms with Crippen LogP contribution in [-0.2, 0) is 16.2 Å². The van der Waals surface area contributed by atoms with Crippen LogP contribution in [-0.4, -0.2) is 4.98 Å². The van der Waals surface area contributed by atoms with Crippen molar-refractivity contribution < 1.29 is 4.39 Å². The van der Waals surface area contributed by atoms with Gasteiger partial charge in [0.05, 0.1) is 10.2 Å². The summed E-state index contributed by atoms with van der Waals surface area (Å²) in [6, 6.07) is 46.1. The summed E-state index contributed by atoms with van der Waals surface area (Å²) in [5.74, 6) is -0.225. The normalized spacial score (nSPS) is 15.9. The molecule has 3 heteroatoms. The highest BCUT2D eigenvalue weighted by atomic mass is 32.1. The van der Waals surface area contributed by atoms with E-state index in [1.54, 1.807) is 11.3 Å². The van der Waals surface area contributed by atoms with Gasteiger partial charge in [0.1, 0.15) is 10.8 Å². The first-order chi connectivity index (χ1) is 26.8. The fraction of sp³-hybridized carbons (Fsp3) is 0.189. The van der Waals surface area contributed by atoms with Crippen LogP contribution >= 0.6 is 11.3 Å². The molecule has 8 aromatic rings. The van der Waals surface area contributed by atoms with Gasteiger partial charge in [-0.25, -0.2) is 9.37 Å². The molecule has 0 fully saturated rings. The van der Waals surface area contributed by atoms with Crippen LogP contribution < -0.4 is 0 Å². The Morgan fingerprint density at radius 1 is 0.411 bits per heavy atom. The van der Waals surface area contributed by atoms with Gasteiger partial charge in [0, 0.05) is 21.8 Å². The standard InChI is InChI=1S/C53H42FNS/c1-29-8-10-30(11-9-29)32-14-19-36-38-25-46-40(27-44(38)51(2,3)42(36)22-32)41-28-45-39(26-47(41)53(46,6)7)37-20-15-34(23-43(37)52(45,4)5)50-55-48-24-33(16-21-49(48)56-50)31-12-17-35(54)18-13-31/h8-28H,1-7H3. The van der Waals surface area contributed by atoms with Crippen molar-refractivity contribution in [3.8, 4) is 66.2 Å². The van der Waals surface area contributed by atoms with Crippen LogP contribution in [0.25, 0.3) is 76.4 Å². The SMILES string of the molecule is Cc1ccc(-c2ccc3c(c2)C(C)(C)c2cc4c(cc2-3)C(C)(C)c2cc3c(cc2-4)C(C)(C)c2cc(-c4nc5cc(-c6ccc(F)cc6)ccc5s4)ccc2-3)cc1. The molecular weight excluding hydrogens is 702 g/mol. The van der Waals surface area contributed by atoms with Gasteiger partial charge in [-0.15, -0.1) is 11.3 Å². The van der Waals surface area contributed by atoms with Crippen molar-refractivity contribution in [3.63, 3.8) is 0 Å². The Hall–Kier alpha value is -5.64. The minimum Gasteiger partial charge on any atom is -0.236 e. The van der Waals surface area contributed by atoms with E-state index in [9.17, 15) is 4.39 Å². The van der Waals surface area contributed by atoms with E-state index < -0.39 is 0 Å². The quantitative estimate of drug-likeness (QED) is 0.176. The third kappa shape index (κ3) is 4.61. The molecule has 11 rings (SSSR count). The summed E-state index contributed by atoms with van der Waals surface area (Å²) in [7, 11) is 0. The molecule has 0 radical (unpaired) electrons. The molecule has 1 nitrogen and oxygen atoms in total. The Morgan fingerprint density at radius 3 is 1.34 bits per heavy atom. The summed E-state index contributed by atoms with van der Waals surface area (Å²) in [4.78, 5) is 5.13. The van der Waals surface area contributed by atoms with E-state index in [4.69, 9.17) is 4.98 Å². The van der Waals surface area contributed by atoms with E-state index in [0.29, 0.717) is 0 Å². The van der Waals surface area contributed by atoms with Crippen molar-refractivity contribution in [3.05, 3.63) is 172 Å². The minimum atomic E-state index is -0.225. The van der Waals surface area contributed by atoms with Gasteiger partial charge >= 0.3 is 0 Å². The number of thiazole rings is 1. The molecule has 0 N–H and O–H groups in total. The lowest BCUT2D eigenvalue weighted by Crippen LogP contribution is -2.17. The van der Waals surface area contributed by atoms with Crippen LogP contribution in [0.2, 0.25) is 0 Å². The summed E-state index contributed by atoms with van der Waals surface area (Å²) in [6.45, 7) is 16.6. The van der Waals surface area contributed by atoms with Crippen molar-refractivity contribution in [1.29, 1.82) is 0 Å². The fourth-order valence-corrected chi connectivity index (χ4v) is 11.1. The Kier molecular flexibility index (Phi) is 6.76. The van der Waals surface area contributed by atoms with Crippen molar-refractivity contribution in [1.82, 2.24) is 4.98 Å². The molecule has 0 bridgehead atoms. The largest absolute Gasteiger partial charge is 0.236 e. The van der Waals surface area contributed by atoms with Gasteiger partial charge in [0.25, 0.3) is 0 Å². The molecule has 0 aliphatic heterocycles. The highest BCUT2D eigenvalue weighted by molar-refractivity contribution is 7.21. The number of benzene rings is 7. The summed E-state index contributed by atoms with van der Waals surface area (Å²) in [5, 5.41) is 1.02. The number of nitrogens with zero attached hydrogens (tertiary/aromatic N) is 1. The lowest BCUT2D eigenvalue weighted by molar-refractivity contribution is 0.628. The molecule has 1 aromatic heterocycles. The lowest BCUT2D eigenvalue weighted by Gasteiger charge is -2.25. The summed E-state index contributed by atoms with van der Waals surface area (Å²) < 4.78 is 14.7. The van der Waals surface area contributed by atoms with E-state index in [0.717, 1.165) is 31.9 Å². The van der Waals surface area contributed by atoms with E-state index >= 15 is 0 Å². The van der Waals surface area contributed by atoms with Crippen molar-refractivity contribution >= 4 is 21.6 Å². The number of hydrogen-bond acceptors (Lipinski definition) is 2. The topological polar surface area (TPSA) is 12.9 Å². The maximum atomic E-state index is 13.6. The Morgan fingerprint density at radius 2 is 0.804 bits per heavy atom. The van der Waals surface area contributed by atoms with Crippen LogP contribution in [0.3, 0.4) is 0 Å². The number of fused-ring (bicyclic) bond motifs is 10. The molecule has 0 saturated heterocycles.